The molecule has 4 aromatic rings. The van der Waals surface area contributed by atoms with Crippen molar-refractivity contribution in [1.82, 2.24) is 24.1 Å². The average molecular weight is 401 g/mol. The van der Waals surface area contributed by atoms with Gasteiger partial charge in [-0.2, -0.15) is 4.98 Å². The number of imidazole rings is 1. The number of rotatable bonds is 5. The van der Waals surface area contributed by atoms with Crippen LogP contribution in [0.15, 0.2) is 60.0 Å². The summed E-state index contributed by atoms with van der Waals surface area (Å²) in [5.41, 5.74) is 2.10. The lowest BCUT2D eigenvalue weighted by atomic mass is 10.2. The zero-order valence-corrected chi connectivity index (χ0v) is 16.1. The van der Waals surface area contributed by atoms with Gasteiger partial charge in [-0.1, -0.05) is 43.2 Å². The van der Waals surface area contributed by atoms with Gasteiger partial charge in [-0.25, -0.2) is 4.98 Å². The van der Waals surface area contributed by atoms with Crippen molar-refractivity contribution in [2.75, 3.05) is 5.32 Å². The van der Waals surface area contributed by atoms with Crippen LogP contribution in [0.4, 0.5) is 11.6 Å². The third-order valence-corrected chi connectivity index (χ3v) is 5.36. The van der Waals surface area contributed by atoms with E-state index in [1.165, 1.54) is 6.07 Å². The molecule has 0 atom stereocenters. The highest BCUT2D eigenvalue weighted by molar-refractivity contribution is 6.03. The van der Waals surface area contributed by atoms with Crippen molar-refractivity contribution in [2.45, 2.75) is 31.7 Å². The van der Waals surface area contributed by atoms with Gasteiger partial charge in [-0.15, -0.1) is 10.0 Å². The van der Waals surface area contributed by atoms with Gasteiger partial charge in [0.05, 0.1) is 11.7 Å². The number of nitroso groups, excluding NO2 is 1. The molecule has 5 rings (SSSR count). The molecule has 1 fully saturated rings. The molecule has 0 radical (unpaired) electrons. The van der Waals surface area contributed by atoms with Gasteiger partial charge in [0.25, 0.3) is 5.91 Å². The summed E-state index contributed by atoms with van der Waals surface area (Å²) in [6.45, 7) is 0. The van der Waals surface area contributed by atoms with E-state index in [0.717, 1.165) is 36.9 Å². The first-order chi connectivity index (χ1) is 14.7. The number of aromatic nitrogens is 5. The molecule has 1 aromatic carbocycles. The van der Waals surface area contributed by atoms with E-state index in [1.54, 1.807) is 21.3 Å². The van der Waals surface area contributed by atoms with Crippen LogP contribution in [-0.4, -0.2) is 30.1 Å². The quantitative estimate of drug-likeness (QED) is 0.500. The second kappa shape index (κ2) is 7.51. The Hall–Kier alpha value is -3.88. The molecular formula is C21H19N7O2. The summed E-state index contributed by atoms with van der Waals surface area (Å²) in [6.07, 6.45) is 7.71. The summed E-state index contributed by atoms with van der Waals surface area (Å²) < 4.78 is 3.43. The summed E-state index contributed by atoms with van der Waals surface area (Å²) in [6, 6.07) is 13.0. The predicted molar refractivity (Wildman–Crippen MR) is 112 cm³/mol. The van der Waals surface area contributed by atoms with Crippen LogP contribution in [0.25, 0.3) is 17.0 Å². The lowest BCUT2D eigenvalue weighted by Crippen LogP contribution is -2.20. The van der Waals surface area contributed by atoms with Crippen molar-refractivity contribution in [2.24, 2.45) is 5.18 Å². The van der Waals surface area contributed by atoms with Gasteiger partial charge < -0.3 is 5.32 Å². The maximum absolute atomic E-state index is 12.9. The molecule has 1 N–H and O–H groups in total. The Morgan fingerprint density at radius 3 is 2.67 bits per heavy atom. The van der Waals surface area contributed by atoms with Crippen LogP contribution in [0.1, 0.15) is 42.2 Å². The molecule has 0 saturated heterocycles. The van der Waals surface area contributed by atoms with E-state index >= 15 is 0 Å². The summed E-state index contributed by atoms with van der Waals surface area (Å²) >= 11 is 0. The SMILES string of the molecule is O=Nc1cc(C(=O)Nc2ccn3cc(-c4ccccc4)nc3n2)n(C2CCCC2)n1. The fraction of sp³-hybridized carbons (Fsp3) is 0.238. The highest BCUT2D eigenvalue weighted by Gasteiger charge is 2.25. The average Bonchev–Trinajstić information content (AvgIpc) is 3.52. The molecule has 150 valence electrons. The fourth-order valence-corrected chi connectivity index (χ4v) is 3.89. The molecule has 0 unspecified atom stereocenters. The minimum Gasteiger partial charge on any atom is -0.305 e. The van der Waals surface area contributed by atoms with Gasteiger partial charge in [-0.3, -0.25) is 13.9 Å². The predicted octanol–water partition coefficient (Wildman–Crippen LogP) is 4.36. The number of hydrogen-bond acceptors (Lipinski definition) is 6. The van der Waals surface area contributed by atoms with Gasteiger partial charge in [0.15, 0.2) is 0 Å². The van der Waals surface area contributed by atoms with Crippen LogP contribution in [0.2, 0.25) is 0 Å². The maximum Gasteiger partial charge on any atom is 0.275 e. The number of nitrogens with zero attached hydrogens (tertiary/aromatic N) is 6. The van der Waals surface area contributed by atoms with Crippen LogP contribution in [0, 0.1) is 4.91 Å². The number of carbonyl (C=O) groups is 1. The minimum atomic E-state index is -0.379. The first-order valence-corrected chi connectivity index (χ1v) is 9.87. The molecule has 1 saturated carbocycles. The normalized spacial score (nSPS) is 14.3. The van der Waals surface area contributed by atoms with E-state index in [-0.39, 0.29) is 17.8 Å². The summed E-state index contributed by atoms with van der Waals surface area (Å²) in [5.74, 6) is 0.482. The van der Waals surface area contributed by atoms with Crippen molar-refractivity contribution in [3.63, 3.8) is 0 Å². The van der Waals surface area contributed by atoms with E-state index in [1.807, 2.05) is 36.5 Å². The largest absolute Gasteiger partial charge is 0.305 e. The molecule has 3 heterocycles. The van der Waals surface area contributed by atoms with E-state index in [9.17, 15) is 9.70 Å². The van der Waals surface area contributed by atoms with Crippen LogP contribution >= 0.6 is 0 Å². The van der Waals surface area contributed by atoms with E-state index in [2.05, 4.69) is 25.6 Å². The van der Waals surface area contributed by atoms with Crippen LogP contribution < -0.4 is 5.32 Å². The van der Waals surface area contributed by atoms with Crippen LogP contribution in [0.3, 0.4) is 0 Å². The van der Waals surface area contributed by atoms with Crippen molar-refractivity contribution in [3.8, 4) is 11.3 Å². The number of nitrogens with one attached hydrogen (secondary N) is 1. The molecule has 0 spiro atoms. The third-order valence-electron chi connectivity index (χ3n) is 5.36. The number of benzene rings is 1. The molecule has 0 bridgehead atoms. The zero-order valence-electron chi connectivity index (χ0n) is 16.1. The van der Waals surface area contributed by atoms with Crippen molar-refractivity contribution < 1.29 is 4.79 Å². The Morgan fingerprint density at radius 1 is 1.10 bits per heavy atom. The molecule has 3 aromatic heterocycles. The Morgan fingerprint density at radius 2 is 1.90 bits per heavy atom. The monoisotopic (exact) mass is 401 g/mol. The molecule has 1 amide bonds. The molecule has 0 aliphatic heterocycles. The molecule has 9 nitrogen and oxygen atoms in total. The highest BCUT2D eigenvalue weighted by atomic mass is 16.3. The molecule has 1 aliphatic rings. The summed E-state index contributed by atoms with van der Waals surface area (Å²) in [4.78, 5) is 32.8. The smallest absolute Gasteiger partial charge is 0.275 e. The lowest BCUT2D eigenvalue weighted by Gasteiger charge is -2.13. The fourth-order valence-electron chi connectivity index (χ4n) is 3.89. The Labute approximate surface area is 171 Å². The Balaban J connectivity index is 1.42. The number of carbonyl (C=O) groups excluding carboxylic acids is 1. The summed E-state index contributed by atoms with van der Waals surface area (Å²) in [5, 5.41) is 9.89. The highest BCUT2D eigenvalue weighted by Crippen LogP contribution is 2.31. The van der Waals surface area contributed by atoms with Gasteiger partial charge in [0.2, 0.25) is 11.6 Å². The van der Waals surface area contributed by atoms with Gasteiger partial charge in [-0.05, 0) is 24.1 Å². The number of anilines is 1. The van der Waals surface area contributed by atoms with Crippen molar-refractivity contribution in [3.05, 3.63) is 65.5 Å². The van der Waals surface area contributed by atoms with Crippen molar-refractivity contribution >= 4 is 23.3 Å². The van der Waals surface area contributed by atoms with Crippen LogP contribution in [-0.2, 0) is 0 Å². The standard InChI is InChI=1S/C21H19N7O2/c29-20(17-12-19(26-30)25-28(17)15-8-4-5-9-15)23-18-10-11-27-13-16(22-21(27)24-18)14-6-2-1-3-7-14/h1-3,6-7,10-13,15H,4-5,8-9H2,(H,22,23,24,29). The maximum atomic E-state index is 12.9. The second-order valence-corrected chi connectivity index (χ2v) is 7.33. The number of amides is 1. The Bertz CT molecular complexity index is 1220. The lowest BCUT2D eigenvalue weighted by molar-refractivity contribution is 0.101. The first kappa shape index (κ1) is 18.2. The third kappa shape index (κ3) is 3.34. The van der Waals surface area contributed by atoms with E-state index in [0.29, 0.717) is 17.3 Å². The Kier molecular flexibility index (Phi) is 4.55. The molecule has 9 heteroatoms. The molecular weight excluding hydrogens is 382 g/mol. The molecule has 1 aliphatic carbocycles. The second-order valence-electron chi connectivity index (χ2n) is 7.33. The molecule has 30 heavy (non-hydrogen) atoms. The van der Waals surface area contributed by atoms with Gasteiger partial charge in [0, 0.05) is 24.0 Å². The number of hydrogen-bond donors (Lipinski definition) is 1. The number of fused-ring (bicyclic) bond motifs is 1. The zero-order chi connectivity index (χ0) is 20.5. The van der Waals surface area contributed by atoms with E-state index in [4.69, 9.17) is 0 Å². The van der Waals surface area contributed by atoms with Gasteiger partial charge in [0.1, 0.15) is 11.5 Å². The van der Waals surface area contributed by atoms with Gasteiger partial charge >= 0.3 is 0 Å². The summed E-state index contributed by atoms with van der Waals surface area (Å²) in [7, 11) is 0. The first-order valence-electron chi connectivity index (χ1n) is 9.87. The topological polar surface area (TPSA) is 107 Å². The minimum absolute atomic E-state index is 0.0104. The van der Waals surface area contributed by atoms with E-state index < -0.39 is 0 Å². The van der Waals surface area contributed by atoms with Crippen molar-refractivity contribution in [1.29, 1.82) is 0 Å². The van der Waals surface area contributed by atoms with Crippen LogP contribution in [0.5, 0.6) is 0 Å².